The minimum atomic E-state index is -0.907. The molecule has 5 nitrogen and oxygen atoms in total. The molecule has 1 saturated heterocycles. The van der Waals surface area contributed by atoms with Crippen molar-refractivity contribution in [3.05, 3.63) is 60.2 Å². The third kappa shape index (κ3) is 3.17. The van der Waals surface area contributed by atoms with Gasteiger partial charge in [-0.1, -0.05) is 37.3 Å². The van der Waals surface area contributed by atoms with Crippen molar-refractivity contribution in [1.82, 2.24) is 4.90 Å². The minimum Gasteiger partial charge on any atom is -0.497 e. The van der Waals surface area contributed by atoms with Crippen molar-refractivity contribution in [2.45, 2.75) is 38.3 Å². The molecular formula is C21H24N2O3. The van der Waals surface area contributed by atoms with Crippen LogP contribution < -0.4 is 10.1 Å². The Morgan fingerprint density at radius 1 is 1.19 bits per heavy atom. The second kappa shape index (κ2) is 7.20. The summed E-state index contributed by atoms with van der Waals surface area (Å²) in [6.07, 6.45) is 0.972. The van der Waals surface area contributed by atoms with Crippen molar-refractivity contribution in [3.63, 3.8) is 0 Å². The molecule has 2 aromatic carbocycles. The third-order valence-electron chi connectivity index (χ3n) is 5.19. The number of rotatable bonds is 6. The number of amides is 2. The summed E-state index contributed by atoms with van der Waals surface area (Å²) >= 11 is 0. The fraction of sp³-hybridized carbons (Fsp3) is 0.333. The highest BCUT2D eigenvalue weighted by atomic mass is 16.5. The van der Waals surface area contributed by atoms with Crippen LogP contribution in [0.4, 0.5) is 5.69 Å². The lowest BCUT2D eigenvalue weighted by molar-refractivity contribution is -0.162. The van der Waals surface area contributed by atoms with E-state index in [0.717, 1.165) is 11.3 Å². The lowest BCUT2D eigenvalue weighted by Crippen LogP contribution is -2.63. The predicted octanol–water partition coefficient (Wildman–Crippen LogP) is 3.78. The molecule has 1 aliphatic rings. The van der Waals surface area contributed by atoms with Gasteiger partial charge in [0.2, 0.25) is 11.8 Å². The van der Waals surface area contributed by atoms with Gasteiger partial charge in [0.1, 0.15) is 11.3 Å². The molecule has 1 heterocycles. The maximum atomic E-state index is 13.0. The number of benzene rings is 2. The van der Waals surface area contributed by atoms with Crippen LogP contribution in [0.1, 0.15) is 38.3 Å². The molecule has 1 fully saturated rings. The second-order valence-corrected chi connectivity index (χ2v) is 6.70. The average molecular weight is 352 g/mol. The molecule has 1 N–H and O–H groups in total. The van der Waals surface area contributed by atoms with E-state index in [1.807, 2.05) is 44.2 Å². The van der Waals surface area contributed by atoms with Crippen molar-refractivity contribution in [2.75, 3.05) is 12.4 Å². The number of carbonyl (C=O) groups is 2. The van der Waals surface area contributed by atoms with Crippen molar-refractivity contribution >= 4 is 17.5 Å². The maximum absolute atomic E-state index is 13.0. The largest absolute Gasteiger partial charge is 0.497 e. The van der Waals surface area contributed by atoms with Crippen LogP contribution in [-0.2, 0) is 9.59 Å². The smallest absolute Gasteiger partial charge is 0.250 e. The first kappa shape index (κ1) is 18.0. The van der Waals surface area contributed by atoms with Gasteiger partial charge in [0, 0.05) is 5.69 Å². The Labute approximate surface area is 154 Å². The molecule has 5 heteroatoms. The van der Waals surface area contributed by atoms with Crippen LogP contribution in [0.3, 0.4) is 0 Å². The van der Waals surface area contributed by atoms with Gasteiger partial charge in [-0.25, -0.2) is 0 Å². The van der Waals surface area contributed by atoms with Gasteiger partial charge in [-0.15, -0.1) is 0 Å². The van der Waals surface area contributed by atoms with Gasteiger partial charge in [-0.05, 0) is 43.2 Å². The summed E-state index contributed by atoms with van der Waals surface area (Å²) in [5.74, 6) is 0.551. The lowest BCUT2D eigenvalue weighted by atomic mass is 9.83. The molecule has 0 aliphatic carbocycles. The molecule has 2 aromatic rings. The topological polar surface area (TPSA) is 58.6 Å². The molecule has 26 heavy (non-hydrogen) atoms. The highest BCUT2D eigenvalue weighted by molar-refractivity contribution is 6.01. The number of ether oxygens (including phenoxy) is 1. The summed E-state index contributed by atoms with van der Waals surface area (Å²) in [7, 11) is 1.60. The molecule has 2 amide bonds. The van der Waals surface area contributed by atoms with Gasteiger partial charge in [0.15, 0.2) is 0 Å². The first-order valence-corrected chi connectivity index (χ1v) is 8.82. The van der Waals surface area contributed by atoms with Crippen LogP contribution in [-0.4, -0.2) is 29.4 Å². The van der Waals surface area contributed by atoms with Gasteiger partial charge in [-0.2, -0.15) is 0 Å². The predicted molar refractivity (Wildman–Crippen MR) is 101 cm³/mol. The Bertz CT molecular complexity index is 789. The van der Waals surface area contributed by atoms with Crippen molar-refractivity contribution in [3.8, 4) is 5.75 Å². The summed E-state index contributed by atoms with van der Waals surface area (Å²) in [4.78, 5) is 27.2. The van der Waals surface area contributed by atoms with E-state index in [2.05, 4.69) is 5.32 Å². The van der Waals surface area contributed by atoms with E-state index < -0.39 is 5.54 Å². The van der Waals surface area contributed by atoms with Crippen LogP contribution in [0.2, 0.25) is 0 Å². The first-order chi connectivity index (χ1) is 12.5. The molecule has 0 saturated carbocycles. The van der Waals surface area contributed by atoms with E-state index in [9.17, 15) is 9.59 Å². The quantitative estimate of drug-likeness (QED) is 0.805. The van der Waals surface area contributed by atoms with Gasteiger partial charge < -0.3 is 15.0 Å². The molecular weight excluding hydrogens is 328 g/mol. The molecule has 136 valence electrons. The molecule has 3 rings (SSSR count). The van der Waals surface area contributed by atoms with E-state index in [0.29, 0.717) is 18.5 Å². The van der Waals surface area contributed by atoms with E-state index in [4.69, 9.17) is 4.74 Å². The van der Waals surface area contributed by atoms with Crippen molar-refractivity contribution < 1.29 is 14.3 Å². The second-order valence-electron chi connectivity index (χ2n) is 6.70. The zero-order valence-electron chi connectivity index (χ0n) is 15.4. The number of nitrogens with zero attached hydrogens (tertiary/aromatic N) is 1. The number of hydrogen-bond donors (Lipinski definition) is 1. The lowest BCUT2D eigenvalue weighted by Gasteiger charge is -2.50. The highest BCUT2D eigenvalue weighted by Gasteiger charge is 2.50. The monoisotopic (exact) mass is 352 g/mol. The van der Waals surface area contributed by atoms with Crippen LogP contribution in [0, 0.1) is 0 Å². The molecule has 0 radical (unpaired) electrons. The Balaban J connectivity index is 1.81. The summed E-state index contributed by atoms with van der Waals surface area (Å²) in [6.45, 7) is 3.76. The number of β-lactam (4-membered cyclic amide) rings is 1. The van der Waals surface area contributed by atoms with Gasteiger partial charge in [-0.3, -0.25) is 9.59 Å². The number of anilines is 1. The van der Waals surface area contributed by atoms with Gasteiger partial charge in [0.05, 0.1) is 19.6 Å². The minimum absolute atomic E-state index is 0.00749. The van der Waals surface area contributed by atoms with E-state index in [1.165, 1.54) is 0 Å². The van der Waals surface area contributed by atoms with Crippen LogP contribution >= 0.6 is 0 Å². The summed E-state index contributed by atoms with van der Waals surface area (Å²) in [5, 5.41) is 2.94. The molecule has 0 bridgehead atoms. The number of hydrogen-bond acceptors (Lipinski definition) is 3. The fourth-order valence-electron chi connectivity index (χ4n) is 3.36. The van der Waals surface area contributed by atoms with E-state index >= 15 is 0 Å². The van der Waals surface area contributed by atoms with E-state index in [-0.39, 0.29) is 17.9 Å². The summed E-state index contributed by atoms with van der Waals surface area (Å²) in [6, 6.07) is 17.0. The SMILES string of the molecule is CCC(C)(C(=O)Nc1ccc(OC)cc1)N1C(=O)CC1c1ccccc1. The number of methoxy groups -OCH3 is 1. The van der Waals surface area contributed by atoms with Crippen LogP contribution in [0.5, 0.6) is 5.75 Å². The van der Waals surface area contributed by atoms with Crippen LogP contribution in [0.25, 0.3) is 0 Å². The molecule has 0 aromatic heterocycles. The Kier molecular flexibility index (Phi) is 4.98. The highest BCUT2D eigenvalue weighted by Crippen LogP contribution is 2.42. The molecule has 1 aliphatic heterocycles. The Morgan fingerprint density at radius 3 is 2.38 bits per heavy atom. The zero-order chi connectivity index (χ0) is 18.7. The van der Waals surface area contributed by atoms with Crippen LogP contribution in [0.15, 0.2) is 54.6 Å². The average Bonchev–Trinajstić information content (AvgIpc) is 2.67. The van der Waals surface area contributed by atoms with Gasteiger partial charge in [0.25, 0.3) is 0 Å². The Hall–Kier alpha value is -2.82. The standard InChI is InChI=1S/C21H24N2O3/c1-4-21(2,20(25)22-16-10-12-17(26-3)13-11-16)23-18(14-19(23)24)15-8-6-5-7-9-15/h5-13,18H,4,14H2,1-3H3,(H,22,25). The molecule has 2 unspecified atom stereocenters. The molecule has 0 spiro atoms. The molecule has 2 atom stereocenters. The van der Waals surface area contributed by atoms with Gasteiger partial charge >= 0.3 is 0 Å². The number of nitrogens with one attached hydrogen (secondary N) is 1. The fourth-order valence-corrected chi connectivity index (χ4v) is 3.36. The first-order valence-electron chi connectivity index (χ1n) is 8.82. The van der Waals surface area contributed by atoms with Crippen molar-refractivity contribution in [2.24, 2.45) is 0 Å². The Morgan fingerprint density at radius 2 is 1.85 bits per heavy atom. The van der Waals surface area contributed by atoms with E-state index in [1.54, 1.807) is 36.3 Å². The third-order valence-corrected chi connectivity index (χ3v) is 5.19. The summed E-state index contributed by atoms with van der Waals surface area (Å²) < 4.78 is 5.14. The zero-order valence-corrected chi connectivity index (χ0v) is 15.4. The summed E-state index contributed by atoms with van der Waals surface area (Å²) in [5.41, 5.74) is 0.833. The normalized spacial score (nSPS) is 18.7. The van der Waals surface area contributed by atoms with Crippen molar-refractivity contribution in [1.29, 1.82) is 0 Å². The number of likely N-dealkylation sites (tertiary alicyclic amines) is 1. The maximum Gasteiger partial charge on any atom is 0.250 e. The number of carbonyl (C=O) groups excluding carboxylic acids is 2.